The predicted molar refractivity (Wildman–Crippen MR) is 169 cm³/mol. The van der Waals surface area contributed by atoms with E-state index in [0.29, 0.717) is 41.0 Å². The summed E-state index contributed by atoms with van der Waals surface area (Å²) in [5.74, 6) is -2.21. The topological polar surface area (TPSA) is 122 Å². The lowest BCUT2D eigenvalue weighted by Gasteiger charge is -2.09. The molecule has 4 aromatic carbocycles. The number of carbonyl (C=O) groups excluding carboxylic acids is 5. The molecule has 0 aliphatic heterocycles. The van der Waals surface area contributed by atoms with Gasteiger partial charge in [0.2, 0.25) is 5.78 Å². The van der Waals surface area contributed by atoms with Crippen molar-refractivity contribution in [1.82, 2.24) is 0 Å². The van der Waals surface area contributed by atoms with Crippen LogP contribution in [0.3, 0.4) is 0 Å². The highest BCUT2D eigenvalue weighted by atomic mass is 16.5. The second-order valence-corrected chi connectivity index (χ2v) is 10.3. The van der Waals surface area contributed by atoms with Gasteiger partial charge in [-0.1, -0.05) is 55.1 Å². The molecule has 9 nitrogen and oxygen atoms in total. The van der Waals surface area contributed by atoms with E-state index in [-0.39, 0.29) is 13.2 Å². The summed E-state index contributed by atoms with van der Waals surface area (Å²) in [7, 11) is 0. The molecule has 46 heavy (non-hydrogen) atoms. The zero-order valence-electron chi connectivity index (χ0n) is 25.4. The van der Waals surface area contributed by atoms with Crippen LogP contribution in [0.25, 0.3) is 11.1 Å². The smallest absolute Gasteiger partial charge is 0.374 e. The zero-order valence-corrected chi connectivity index (χ0v) is 25.4. The molecule has 234 valence electrons. The molecule has 0 unspecified atom stereocenters. The second-order valence-electron chi connectivity index (χ2n) is 10.3. The van der Waals surface area contributed by atoms with E-state index >= 15 is 0 Å². The molecule has 0 spiro atoms. The fourth-order valence-corrected chi connectivity index (χ4v) is 4.13. The highest BCUT2D eigenvalue weighted by Gasteiger charge is 2.12. The van der Waals surface area contributed by atoms with Gasteiger partial charge >= 0.3 is 23.9 Å². The molecule has 9 heteroatoms. The average molecular weight is 621 g/mol. The lowest BCUT2D eigenvalue weighted by Crippen LogP contribution is -2.15. The molecule has 0 amide bonds. The number of ether oxygens (including phenoxy) is 4. The minimum absolute atomic E-state index is 0.0664. The number of ketones is 1. The number of benzene rings is 4. The highest BCUT2D eigenvalue weighted by molar-refractivity contribution is 6.32. The maximum absolute atomic E-state index is 12.6. The lowest BCUT2D eigenvalue weighted by atomic mass is 10.1. The molecular weight excluding hydrogens is 588 g/mol. The zero-order chi connectivity index (χ0) is 33.1. The Labute approximate surface area is 266 Å². The Morgan fingerprint density at radius 3 is 1.24 bits per heavy atom. The van der Waals surface area contributed by atoms with Gasteiger partial charge in [0.25, 0.3) is 0 Å². The van der Waals surface area contributed by atoms with E-state index in [1.54, 1.807) is 79.7 Å². The maximum Gasteiger partial charge on any atom is 0.374 e. The number of Topliss-reactive ketones (excluding diaryl/α,β-unsaturated/α-hetero) is 1. The van der Waals surface area contributed by atoms with Crippen molar-refractivity contribution >= 4 is 29.7 Å². The van der Waals surface area contributed by atoms with Gasteiger partial charge in [0.15, 0.2) is 0 Å². The fourth-order valence-electron chi connectivity index (χ4n) is 4.13. The van der Waals surface area contributed by atoms with E-state index in [4.69, 9.17) is 18.9 Å². The fraction of sp³-hybridized carbons (Fsp3) is 0.162. The standard InChI is InChI=1S/C37H32O9/c1-24(2)34(39)43-22-20-26-4-8-30(9-5-26)36(41)45-32-16-12-28(13-17-32)29-14-18-33(19-15-29)46-37(42)31-10-6-27(7-11-31)21-23-44-35(40)25(3)38/h4-19H,1,20-23H2,2-3H3. The Kier molecular flexibility index (Phi) is 11.3. The van der Waals surface area contributed by atoms with Crippen molar-refractivity contribution in [1.29, 1.82) is 0 Å². The molecular formula is C37H32O9. The van der Waals surface area contributed by atoms with Crippen LogP contribution in [0.2, 0.25) is 0 Å². The van der Waals surface area contributed by atoms with Crippen LogP contribution in [0, 0.1) is 0 Å². The molecule has 4 rings (SSSR count). The number of rotatable bonds is 13. The molecule has 4 aromatic rings. The van der Waals surface area contributed by atoms with Crippen molar-refractivity contribution < 1.29 is 42.9 Å². The lowest BCUT2D eigenvalue weighted by molar-refractivity contribution is -0.152. The Hall–Kier alpha value is -5.83. The van der Waals surface area contributed by atoms with Crippen molar-refractivity contribution in [3.8, 4) is 22.6 Å². The molecule has 0 aromatic heterocycles. The van der Waals surface area contributed by atoms with Gasteiger partial charge in [0.05, 0.1) is 24.3 Å². The summed E-state index contributed by atoms with van der Waals surface area (Å²) >= 11 is 0. The first-order valence-corrected chi connectivity index (χ1v) is 14.4. The highest BCUT2D eigenvalue weighted by Crippen LogP contribution is 2.25. The van der Waals surface area contributed by atoms with Crippen molar-refractivity contribution in [2.75, 3.05) is 13.2 Å². The normalized spacial score (nSPS) is 10.4. The van der Waals surface area contributed by atoms with Crippen LogP contribution >= 0.6 is 0 Å². The summed E-state index contributed by atoms with van der Waals surface area (Å²) in [6.07, 6.45) is 0.923. The second kappa shape index (κ2) is 15.8. The molecule has 0 atom stereocenters. The van der Waals surface area contributed by atoms with Crippen LogP contribution in [0.1, 0.15) is 45.7 Å². The molecule has 0 fully saturated rings. The van der Waals surface area contributed by atoms with Gasteiger partial charge in [-0.25, -0.2) is 19.2 Å². The van der Waals surface area contributed by atoms with E-state index in [0.717, 1.165) is 29.2 Å². The van der Waals surface area contributed by atoms with Gasteiger partial charge in [0.1, 0.15) is 11.5 Å². The SMILES string of the molecule is C=C(C)C(=O)OCCc1ccc(C(=O)Oc2ccc(-c3ccc(OC(=O)c4ccc(CCOC(=O)C(C)=O)cc4)cc3)cc2)cc1. The summed E-state index contributed by atoms with van der Waals surface area (Å²) in [6, 6.07) is 27.6. The first-order valence-electron chi connectivity index (χ1n) is 14.4. The van der Waals surface area contributed by atoms with Crippen molar-refractivity contribution in [2.45, 2.75) is 26.7 Å². The summed E-state index contributed by atoms with van der Waals surface area (Å²) in [5.41, 5.74) is 4.59. The van der Waals surface area contributed by atoms with Gasteiger partial charge in [-0.3, -0.25) is 4.79 Å². The van der Waals surface area contributed by atoms with Crippen LogP contribution in [-0.4, -0.2) is 42.9 Å². The third kappa shape index (κ3) is 9.59. The van der Waals surface area contributed by atoms with E-state index in [1.165, 1.54) is 0 Å². The van der Waals surface area contributed by atoms with E-state index in [2.05, 4.69) is 6.58 Å². The monoisotopic (exact) mass is 620 g/mol. The molecule has 0 N–H and O–H groups in total. The van der Waals surface area contributed by atoms with Gasteiger partial charge in [-0.15, -0.1) is 0 Å². The molecule has 0 heterocycles. The predicted octanol–water partition coefficient (Wildman–Crippen LogP) is 6.13. The summed E-state index contributed by atoms with van der Waals surface area (Å²) in [6.45, 7) is 6.57. The van der Waals surface area contributed by atoms with Gasteiger partial charge in [-0.2, -0.15) is 0 Å². The summed E-state index contributed by atoms with van der Waals surface area (Å²) < 4.78 is 21.0. The Morgan fingerprint density at radius 2 is 0.891 bits per heavy atom. The molecule has 0 radical (unpaired) electrons. The largest absolute Gasteiger partial charge is 0.462 e. The Morgan fingerprint density at radius 1 is 0.522 bits per heavy atom. The van der Waals surface area contributed by atoms with E-state index in [9.17, 15) is 24.0 Å². The van der Waals surface area contributed by atoms with Crippen molar-refractivity contribution in [3.05, 3.63) is 131 Å². The van der Waals surface area contributed by atoms with Crippen LogP contribution in [0.15, 0.2) is 109 Å². The Bertz CT molecular complexity index is 1590. The quantitative estimate of drug-likeness (QED) is 0.0752. The minimum Gasteiger partial charge on any atom is -0.462 e. The van der Waals surface area contributed by atoms with E-state index in [1.807, 2.05) is 24.3 Å². The molecule has 0 saturated heterocycles. The van der Waals surface area contributed by atoms with Gasteiger partial charge < -0.3 is 18.9 Å². The van der Waals surface area contributed by atoms with Crippen LogP contribution in [-0.2, 0) is 36.7 Å². The van der Waals surface area contributed by atoms with Gasteiger partial charge in [0, 0.05) is 25.3 Å². The number of carbonyl (C=O) groups is 5. The number of hydrogen-bond acceptors (Lipinski definition) is 9. The third-order valence-electron chi connectivity index (χ3n) is 6.73. The number of esters is 4. The molecule has 0 saturated carbocycles. The summed E-state index contributed by atoms with van der Waals surface area (Å²) in [5, 5.41) is 0. The third-order valence-corrected chi connectivity index (χ3v) is 6.73. The first-order chi connectivity index (χ1) is 22.1. The van der Waals surface area contributed by atoms with Crippen molar-refractivity contribution in [3.63, 3.8) is 0 Å². The van der Waals surface area contributed by atoms with Crippen molar-refractivity contribution in [2.24, 2.45) is 0 Å². The molecule has 0 aliphatic rings. The average Bonchev–Trinajstić information content (AvgIpc) is 3.06. The van der Waals surface area contributed by atoms with E-state index < -0.39 is 29.7 Å². The van der Waals surface area contributed by atoms with Gasteiger partial charge in [-0.05, 0) is 77.7 Å². The maximum atomic E-state index is 12.6. The Balaban J connectivity index is 1.25. The summed E-state index contributed by atoms with van der Waals surface area (Å²) in [4.78, 5) is 58.9. The first kappa shape index (κ1) is 33.1. The minimum atomic E-state index is -0.873. The molecule has 0 aliphatic carbocycles. The number of hydrogen-bond donors (Lipinski definition) is 0. The molecule has 0 bridgehead atoms. The van der Waals surface area contributed by atoms with Crippen LogP contribution in [0.4, 0.5) is 0 Å². The van der Waals surface area contributed by atoms with Crippen LogP contribution in [0.5, 0.6) is 11.5 Å². The van der Waals surface area contributed by atoms with Crippen LogP contribution < -0.4 is 9.47 Å².